The van der Waals surface area contributed by atoms with Gasteiger partial charge in [0.2, 0.25) is 0 Å². The van der Waals surface area contributed by atoms with Crippen molar-refractivity contribution in [1.82, 2.24) is 15.1 Å². The highest BCUT2D eigenvalue weighted by atomic mass is 16.6. The van der Waals surface area contributed by atoms with Crippen LogP contribution >= 0.6 is 0 Å². The number of fused-ring (bicyclic) bond motifs is 1. The summed E-state index contributed by atoms with van der Waals surface area (Å²) in [5, 5.41) is 19.3. The third-order valence-electron chi connectivity index (χ3n) is 4.39. The molecular formula is C19H18N4O6. The number of ether oxygens (including phenoxy) is 2. The van der Waals surface area contributed by atoms with Crippen LogP contribution in [-0.2, 0) is 13.6 Å². The Morgan fingerprint density at radius 2 is 1.79 bits per heavy atom. The lowest BCUT2D eigenvalue weighted by Crippen LogP contribution is -2.27. The van der Waals surface area contributed by atoms with Crippen molar-refractivity contribution in [3.05, 3.63) is 68.1 Å². The van der Waals surface area contributed by atoms with Crippen molar-refractivity contribution in [3.63, 3.8) is 0 Å². The lowest BCUT2D eigenvalue weighted by Gasteiger charge is -2.12. The molecule has 10 heteroatoms. The first-order valence-electron chi connectivity index (χ1n) is 8.51. The average Bonchev–Trinajstić information content (AvgIpc) is 2.73. The minimum atomic E-state index is -0.683. The summed E-state index contributed by atoms with van der Waals surface area (Å²) in [4.78, 5) is 35.6. The second kappa shape index (κ2) is 7.97. The van der Waals surface area contributed by atoms with E-state index in [2.05, 4.69) is 10.4 Å². The van der Waals surface area contributed by atoms with E-state index in [1.807, 2.05) is 0 Å². The SMILES string of the molecule is COc1cc(C(=O)NCc2nn(C)c(=O)c3ccccc23)c([N+](=O)[O-])cc1OC. The number of amides is 1. The first kappa shape index (κ1) is 19.8. The second-order valence-corrected chi connectivity index (χ2v) is 6.09. The van der Waals surface area contributed by atoms with Crippen LogP contribution in [0, 0.1) is 10.1 Å². The first-order chi connectivity index (χ1) is 13.9. The molecule has 10 nitrogen and oxygen atoms in total. The smallest absolute Gasteiger partial charge is 0.286 e. The van der Waals surface area contributed by atoms with Crippen LogP contribution in [0.15, 0.2) is 41.2 Å². The fourth-order valence-corrected chi connectivity index (χ4v) is 2.97. The van der Waals surface area contributed by atoms with Gasteiger partial charge in [0, 0.05) is 18.5 Å². The van der Waals surface area contributed by atoms with Crippen LogP contribution in [0.3, 0.4) is 0 Å². The molecule has 0 saturated heterocycles. The van der Waals surface area contributed by atoms with Gasteiger partial charge in [-0.25, -0.2) is 4.68 Å². The first-order valence-corrected chi connectivity index (χ1v) is 8.51. The third-order valence-corrected chi connectivity index (χ3v) is 4.39. The van der Waals surface area contributed by atoms with Gasteiger partial charge in [0.25, 0.3) is 17.2 Å². The summed E-state index contributed by atoms with van der Waals surface area (Å²) in [6, 6.07) is 9.27. The van der Waals surface area contributed by atoms with Crippen LogP contribution in [-0.4, -0.2) is 34.8 Å². The van der Waals surface area contributed by atoms with Crippen LogP contribution < -0.4 is 20.3 Å². The van der Waals surface area contributed by atoms with E-state index in [9.17, 15) is 19.7 Å². The van der Waals surface area contributed by atoms with Crippen molar-refractivity contribution in [3.8, 4) is 11.5 Å². The average molecular weight is 398 g/mol. The molecule has 0 aliphatic carbocycles. The van der Waals surface area contributed by atoms with E-state index in [1.54, 1.807) is 24.3 Å². The Kier molecular flexibility index (Phi) is 5.44. The number of carbonyl (C=O) groups is 1. The molecule has 0 unspecified atom stereocenters. The quantitative estimate of drug-likeness (QED) is 0.495. The van der Waals surface area contributed by atoms with Gasteiger partial charge in [-0.15, -0.1) is 0 Å². The Hall–Kier alpha value is -3.95. The number of aryl methyl sites for hydroxylation is 1. The monoisotopic (exact) mass is 398 g/mol. The van der Waals surface area contributed by atoms with Gasteiger partial charge in [0.1, 0.15) is 5.56 Å². The van der Waals surface area contributed by atoms with Crippen molar-refractivity contribution in [2.24, 2.45) is 7.05 Å². The Morgan fingerprint density at radius 1 is 1.17 bits per heavy atom. The van der Waals surface area contributed by atoms with Crippen molar-refractivity contribution in [1.29, 1.82) is 0 Å². The number of methoxy groups -OCH3 is 2. The Bertz CT molecular complexity index is 1170. The third kappa shape index (κ3) is 3.72. The number of hydrogen-bond donors (Lipinski definition) is 1. The Morgan fingerprint density at radius 3 is 2.41 bits per heavy atom. The molecule has 0 fully saturated rings. The molecule has 29 heavy (non-hydrogen) atoms. The van der Waals surface area contributed by atoms with E-state index in [-0.39, 0.29) is 29.2 Å². The molecule has 0 atom stereocenters. The topological polar surface area (TPSA) is 126 Å². The number of aromatic nitrogens is 2. The number of nitrogens with zero attached hydrogens (tertiary/aromatic N) is 3. The van der Waals surface area contributed by atoms with Crippen LogP contribution in [0.2, 0.25) is 0 Å². The summed E-state index contributed by atoms with van der Waals surface area (Å²) in [6.07, 6.45) is 0. The van der Waals surface area contributed by atoms with Gasteiger partial charge in [0.15, 0.2) is 11.5 Å². The summed E-state index contributed by atoms with van der Waals surface area (Å²) in [5.74, 6) is -0.354. The standard InChI is InChI=1S/C19H18N4O6/c1-22-19(25)12-7-5-4-6-11(12)14(21-22)10-20-18(24)13-8-16(28-2)17(29-3)9-15(13)23(26)27/h4-9H,10H2,1-3H3,(H,20,24). The molecule has 1 heterocycles. The number of hydrogen-bond acceptors (Lipinski definition) is 7. The van der Waals surface area contributed by atoms with E-state index >= 15 is 0 Å². The van der Waals surface area contributed by atoms with Crippen molar-refractivity contribution < 1.29 is 19.2 Å². The zero-order chi connectivity index (χ0) is 21.1. The number of benzene rings is 2. The normalized spacial score (nSPS) is 10.6. The summed E-state index contributed by atoms with van der Waals surface area (Å²) in [7, 11) is 4.23. The van der Waals surface area contributed by atoms with Crippen LogP contribution in [0.4, 0.5) is 5.69 Å². The summed E-state index contributed by atoms with van der Waals surface area (Å²) in [5.41, 5.74) is -0.398. The summed E-state index contributed by atoms with van der Waals surface area (Å²) >= 11 is 0. The van der Waals surface area contributed by atoms with Gasteiger partial charge in [-0.05, 0) is 6.07 Å². The minimum absolute atomic E-state index is 0.0288. The number of nitro groups is 1. The van der Waals surface area contributed by atoms with Crippen LogP contribution in [0.5, 0.6) is 11.5 Å². The highest BCUT2D eigenvalue weighted by Gasteiger charge is 2.24. The van der Waals surface area contributed by atoms with E-state index in [0.29, 0.717) is 16.5 Å². The fraction of sp³-hybridized carbons (Fsp3) is 0.211. The van der Waals surface area contributed by atoms with Gasteiger partial charge in [-0.2, -0.15) is 5.10 Å². The molecule has 0 bridgehead atoms. The highest BCUT2D eigenvalue weighted by Crippen LogP contribution is 2.34. The molecule has 1 aromatic heterocycles. The molecule has 0 spiro atoms. The van der Waals surface area contributed by atoms with Crippen molar-refractivity contribution in [2.75, 3.05) is 14.2 Å². The van der Waals surface area contributed by atoms with E-state index in [4.69, 9.17) is 9.47 Å². The predicted octanol–water partition coefficient (Wildman–Crippen LogP) is 1.79. The van der Waals surface area contributed by atoms with Gasteiger partial charge >= 0.3 is 0 Å². The number of carbonyl (C=O) groups excluding carboxylic acids is 1. The molecule has 1 N–H and O–H groups in total. The Balaban J connectivity index is 1.96. The second-order valence-electron chi connectivity index (χ2n) is 6.09. The predicted molar refractivity (Wildman–Crippen MR) is 104 cm³/mol. The molecule has 2 aromatic carbocycles. The Labute approximate surface area is 164 Å². The molecule has 3 rings (SSSR count). The van der Waals surface area contributed by atoms with Crippen LogP contribution in [0.25, 0.3) is 10.8 Å². The lowest BCUT2D eigenvalue weighted by atomic mass is 10.1. The molecule has 0 aliphatic heterocycles. The maximum absolute atomic E-state index is 12.7. The molecule has 0 saturated carbocycles. The minimum Gasteiger partial charge on any atom is -0.493 e. The number of nitrogens with one attached hydrogen (secondary N) is 1. The maximum Gasteiger partial charge on any atom is 0.286 e. The van der Waals surface area contributed by atoms with Crippen molar-refractivity contribution >= 4 is 22.4 Å². The largest absolute Gasteiger partial charge is 0.493 e. The highest BCUT2D eigenvalue weighted by molar-refractivity contribution is 5.99. The van der Waals surface area contributed by atoms with Crippen molar-refractivity contribution in [2.45, 2.75) is 6.54 Å². The molecule has 3 aromatic rings. The van der Waals surface area contributed by atoms with Gasteiger partial charge < -0.3 is 14.8 Å². The lowest BCUT2D eigenvalue weighted by molar-refractivity contribution is -0.385. The van der Waals surface area contributed by atoms with E-state index in [0.717, 1.165) is 6.07 Å². The maximum atomic E-state index is 12.7. The zero-order valence-corrected chi connectivity index (χ0v) is 16.0. The van der Waals surface area contributed by atoms with Gasteiger partial charge in [-0.1, -0.05) is 18.2 Å². The summed E-state index contributed by atoms with van der Waals surface area (Å²) in [6.45, 7) is -0.0288. The van der Waals surface area contributed by atoms with E-state index < -0.39 is 16.5 Å². The number of rotatable bonds is 6. The fourth-order valence-electron chi connectivity index (χ4n) is 2.97. The summed E-state index contributed by atoms with van der Waals surface area (Å²) < 4.78 is 11.4. The molecular weight excluding hydrogens is 380 g/mol. The molecule has 0 radical (unpaired) electrons. The molecule has 1 amide bonds. The zero-order valence-electron chi connectivity index (χ0n) is 16.0. The van der Waals surface area contributed by atoms with E-state index in [1.165, 1.54) is 32.0 Å². The molecule has 0 aliphatic rings. The molecule has 150 valence electrons. The number of nitro benzene ring substituents is 1. The van der Waals surface area contributed by atoms with Crippen LogP contribution in [0.1, 0.15) is 16.1 Å². The van der Waals surface area contributed by atoms with Gasteiger partial charge in [0.05, 0.1) is 42.8 Å². The van der Waals surface area contributed by atoms with Gasteiger partial charge in [-0.3, -0.25) is 19.7 Å².